The number of hydrogen-bond donors (Lipinski definition) is 1. The molecule has 3 nitrogen and oxygen atoms in total. The van der Waals surface area contributed by atoms with Crippen LogP contribution in [0.25, 0.3) is 0 Å². The quantitative estimate of drug-likeness (QED) is 0.779. The third kappa shape index (κ3) is 3.94. The highest BCUT2D eigenvalue weighted by atomic mass is 16.5. The lowest BCUT2D eigenvalue weighted by Crippen LogP contribution is -2.54. The number of morpholine rings is 1. The van der Waals surface area contributed by atoms with Gasteiger partial charge in [0.25, 0.3) is 0 Å². The summed E-state index contributed by atoms with van der Waals surface area (Å²) < 4.78 is 6.05. The molecule has 1 saturated heterocycles. The van der Waals surface area contributed by atoms with Gasteiger partial charge < -0.3 is 15.0 Å². The normalized spacial score (nSPS) is 30.0. The van der Waals surface area contributed by atoms with E-state index in [-0.39, 0.29) is 0 Å². The maximum Gasteiger partial charge on any atom is 0.0857 e. The van der Waals surface area contributed by atoms with E-state index in [1.165, 1.54) is 38.5 Å². The van der Waals surface area contributed by atoms with Crippen LogP contribution in [0.3, 0.4) is 0 Å². The monoisotopic (exact) mass is 254 g/mol. The van der Waals surface area contributed by atoms with Crippen molar-refractivity contribution in [2.24, 2.45) is 5.92 Å². The summed E-state index contributed by atoms with van der Waals surface area (Å²) in [5.41, 5.74) is 0. The molecule has 2 aliphatic rings. The van der Waals surface area contributed by atoms with Gasteiger partial charge in [-0.15, -0.1) is 0 Å². The summed E-state index contributed by atoms with van der Waals surface area (Å²) in [5, 5.41) is 3.72. The third-order valence-electron chi connectivity index (χ3n) is 4.54. The Labute approximate surface area is 112 Å². The predicted octanol–water partition coefficient (Wildman–Crippen LogP) is 2.27. The minimum Gasteiger partial charge on any atom is -0.374 e. The second-order valence-corrected chi connectivity index (χ2v) is 6.01. The SMILES string of the molecule is CCNC(C1CCCCCC1)C1CN(C)CCO1. The fourth-order valence-corrected chi connectivity index (χ4v) is 3.54. The van der Waals surface area contributed by atoms with Gasteiger partial charge in [-0.2, -0.15) is 0 Å². The smallest absolute Gasteiger partial charge is 0.0857 e. The van der Waals surface area contributed by atoms with Crippen molar-refractivity contribution in [1.29, 1.82) is 0 Å². The van der Waals surface area contributed by atoms with Gasteiger partial charge in [0.15, 0.2) is 0 Å². The molecule has 1 N–H and O–H groups in total. The molecule has 2 atom stereocenters. The molecular formula is C15H30N2O. The van der Waals surface area contributed by atoms with Gasteiger partial charge in [-0.3, -0.25) is 0 Å². The first-order valence-corrected chi connectivity index (χ1v) is 7.84. The second kappa shape index (κ2) is 7.46. The molecule has 0 aromatic carbocycles. The molecule has 0 spiro atoms. The summed E-state index contributed by atoms with van der Waals surface area (Å²) in [4.78, 5) is 2.41. The van der Waals surface area contributed by atoms with E-state index in [1.54, 1.807) is 0 Å². The predicted molar refractivity (Wildman–Crippen MR) is 75.9 cm³/mol. The van der Waals surface area contributed by atoms with E-state index in [1.807, 2.05) is 0 Å². The van der Waals surface area contributed by atoms with Crippen LogP contribution in [0.4, 0.5) is 0 Å². The van der Waals surface area contributed by atoms with Crippen LogP contribution in [-0.2, 0) is 4.74 Å². The highest BCUT2D eigenvalue weighted by Crippen LogP contribution is 2.28. The van der Waals surface area contributed by atoms with Gasteiger partial charge in [0.1, 0.15) is 0 Å². The highest BCUT2D eigenvalue weighted by Gasteiger charge is 2.32. The summed E-state index contributed by atoms with van der Waals surface area (Å²) in [7, 11) is 2.21. The van der Waals surface area contributed by atoms with Crippen molar-refractivity contribution in [3.8, 4) is 0 Å². The Morgan fingerprint density at radius 1 is 1.22 bits per heavy atom. The van der Waals surface area contributed by atoms with Gasteiger partial charge in [-0.1, -0.05) is 32.6 Å². The molecule has 18 heavy (non-hydrogen) atoms. The number of likely N-dealkylation sites (N-methyl/N-ethyl adjacent to an activating group) is 2. The van der Waals surface area contributed by atoms with E-state index in [4.69, 9.17) is 4.74 Å². The molecule has 1 heterocycles. The molecule has 0 bridgehead atoms. The van der Waals surface area contributed by atoms with E-state index in [2.05, 4.69) is 24.2 Å². The lowest BCUT2D eigenvalue weighted by atomic mass is 9.87. The maximum absolute atomic E-state index is 6.05. The number of hydrogen-bond acceptors (Lipinski definition) is 3. The van der Waals surface area contributed by atoms with Crippen molar-refractivity contribution < 1.29 is 4.74 Å². The van der Waals surface area contributed by atoms with Crippen LogP contribution in [0.2, 0.25) is 0 Å². The van der Waals surface area contributed by atoms with Crippen LogP contribution in [0.5, 0.6) is 0 Å². The minimum absolute atomic E-state index is 0.395. The minimum atomic E-state index is 0.395. The zero-order chi connectivity index (χ0) is 12.8. The first kappa shape index (κ1) is 14.3. The van der Waals surface area contributed by atoms with Crippen LogP contribution in [0.15, 0.2) is 0 Å². The fraction of sp³-hybridized carbons (Fsp3) is 1.00. The Morgan fingerprint density at radius 2 is 1.94 bits per heavy atom. The molecule has 0 aromatic heterocycles. The Balaban J connectivity index is 1.96. The molecule has 3 heteroatoms. The summed E-state index contributed by atoms with van der Waals surface area (Å²) in [6, 6.07) is 0.566. The van der Waals surface area contributed by atoms with Crippen molar-refractivity contribution >= 4 is 0 Å². The molecule has 106 valence electrons. The fourth-order valence-electron chi connectivity index (χ4n) is 3.54. The second-order valence-electron chi connectivity index (χ2n) is 6.01. The molecule has 1 saturated carbocycles. The highest BCUT2D eigenvalue weighted by molar-refractivity contribution is 4.88. The lowest BCUT2D eigenvalue weighted by molar-refractivity contribution is -0.0503. The zero-order valence-corrected chi connectivity index (χ0v) is 12.2. The Bertz CT molecular complexity index is 225. The molecule has 1 aliphatic carbocycles. The number of ether oxygens (including phenoxy) is 1. The Morgan fingerprint density at radius 3 is 2.56 bits per heavy atom. The van der Waals surface area contributed by atoms with Crippen LogP contribution in [0, 0.1) is 5.92 Å². The number of nitrogens with one attached hydrogen (secondary N) is 1. The van der Waals surface area contributed by atoms with Gasteiger partial charge in [0.2, 0.25) is 0 Å². The summed E-state index contributed by atoms with van der Waals surface area (Å²) in [5.74, 6) is 0.823. The van der Waals surface area contributed by atoms with Crippen molar-refractivity contribution in [3.63, 3.8) is 0 Å². The molecule has 2 unspecified atom stereocenters. The summed E-state index contributed by atoms with van der Waals surface area (Å²) in [6.07, 6.45) is 8.86. The zero-order valence-electron chi connectivity index (χ0n) is 12.2. The van der Waals surface area contributed by atoms with E-state index < -0.39 is 0 Å². The van der Waals surface area contributed by atoms with Gasteiger partial charge in [0, 0.05) is 19.1 Å². The van der Waals surface area contributed by atoms with Gasteiger partial charge in [0.05, 0.1) is 12.7 Å². The van der Waals surface area contributed by atoms with Crippen LogP contribution >= 0.6 is 0 Å². The number of rotatable bonds is 4. The van der Waals surface area contributed by atoms with Crippen molar-refractivity contribution in [3.05, 3.63) is 0 Å². The molecule has 0 amide bonds. The summed E-state index contributed by atoms with van der Waals surface area (Å²) in [6.45, 7) is 6.35. The first-order chi connectivity index (χ1) is 8.81. The average Bonchev–Trinajstić information content (AvgIpc) is 2.64. The van der Waals surface area contributed by atoms with Gasteiger partial charge in [-0.25, -0.2) is 0 Å². The maximum atomic E-state index is 6.05. The van der Waals surface area contributed by atoms with Crippen LogP contribution in [-0.4, -0.2) is 50.3 Å². The molecular weight excluding hydrogens is 224 g/mol. The third-order valence-corrected chi connectivity index (χ3v) is 4.54. The molecule has 0 aromatic rings. The molecule has 2 fully saturated rings. The van der Waals surface area contributed by atoms with Crippen LogP contribution < -0.4 is 5.32 Å². The Hall–Kier alpha value is -0.120. The standard InChI is InChI=1S/C15H30N2O/c1-3-16-15(13-8-6-4-5-7-9-13)14-12-17(2)10-11-18-14/h13-16H,3-12H2,1-2H3. The van der Waals surface area contributed by atoms with Crippen molar-refractivity contribution in [2.75, 3.05) is 33.3 Å². The number of nitrogens with zero attached hydrogens (tertiary/aromatic N) is 1. The summed E-state index contributed by atoms with van der Waals surface area (Å²) >= 11 is 0. The van der Waals surface area contributed by atoms with E-state index >= 15 is 0 Å². The van der Waals surface area contributed by atoms with Crippen molar-refractivity contribution in [2.45, 2.75) is 57.6 Å². The first-order valence-electron chi connectivity index (χ1n) is 7.84. The van der Waals surface area contributed by atoms with Gasteiger partial charge in [-0.05, 0) is 32.4 Å². The van der Waals surface area contributed by atoms with E-state index in [9.17, 15) is 0 Å². The largest absolute Gasteiger partial charge is 0.374 e. The van der Waals surface area contributed by atoms with E-state index in [0.29, 0.717) is 12.1 Å². The lowest BCUT2D eigenvalue weighted by Gasteiger charge is -2.39. The molecule has 2 rings (SSSR count). The van der Waals surface area contributed by atoms with E-state index in [0.717, 1.165) is 32.2 Å². The molecule has 1 aliphatic heterocycles. The van der Waals surface area contributed by atoms with Gasteiger partial charge >= 0.3 is 0 Å². The van der Waals surface area contributed by atoms with Crippen molar-refractivity contribution in [1.82, 2.24) is 10.2 Å². The molecule has 0 radical (unpaired) electrons. The Kier molecular flexibility index (Phi) is 5.93. The average molecular weight is 254 g/mol. The van der Waals surface area contributed by atoms with Crippen LogP contribution in [0.1, 0.15) is 45.4 Å². The topological polar surface area (TPSA) is 24.5 Å².